The van der Waals surface area contributed by atoms with E-state index in [1.54, 1.807) is 13.0 Å². The number of sulfonamides is 1. The average molecular weight is 320 g/mol. The summed E-state index contributed by atoms with van der Waals surface area (Å²) in [7, 11) is -3.96. The molecule has 112 valence electrons. The third-order valence-electron chi connectivity index (χ3n) is 2.68. The maximum Gasteiger partial charge on any atom is 0.321 e. The summed E-state index contributed by atoms with van der Waals surface area (Å²) in [6.45, 7) is 5.43. The summed E-state index contributed by atoms with van der Waals surface area (Å²) in [4.78, 5) is 11.0. The highest BCUT2D eigenvalue weighted by Gasteiger charge is 2.27. The number of nitrogens with one attached hydrogen (secondary N) is 1. The van der Waals surface area contributed by atoms with E-state index in [-0.39, 0.29) is 22.3 Å². The molecule has 1 aromatic carbocycles. The number of hydrogen-bond acceptors (Lipinski definition) is 3. The molecule has 0 saturated heterocycles. The van der Waals surface area contributed by atoms with Gasteiger partial charge < -0.3 is 5.11 Å². The van der Waals surface area contributed by atoms with Crippen molar-refractivity contribution < 1.29 is 18.3 Å². The van der Waals surface area contributed by atoms with Crippen LogP contribution in [0, 0.1) is 12.8 Å². The summed E-state index contributed by atoms with van der Waals surface area (Å²) in [5.41, 5.74) is 0.825. The molecule has 0 unspecified atom stereocenters. The Bertz CT molecular complexity index is 598. The van der Waals surface area contributed by atoms with Crippen LogP contribution >= 0.6 is 11.6 Å². The van der Waals surface area contributed by atoms with Crippen molar-refractivity contribution in [3.8, 4) is 0 Å². The van der Waals surface area contributed by atoms with E-state index in [0.717, 1.165) is 5.56 Å². The molecule has 0 fully saturated rings. The average Bonchev–Trinajstić information content (AvgIpc) is 2.26. The molecule has 0 saturated carbocycles. The van der Waals surface area contributed by atoms with Gasteiger partial charge in [0.05, 0.1) is 5.02 Å². The van der Waals surface area contributed by atoms with Crippen molar-refractivity contribution in [2.24, 2.45) is 5.92 Å². The monoisotopic (exact) mass is 319 g/mol. The Hall–Kier alpha value is -1.11. The largest absolute Gasteiger partial charge is 0.480 e. The smallest absolute Gasteiger partial charge is 0.321 e. The van der Waals surface area contributed by atoms with Gasteiger partial charge in [0.25, 0.3) is 0 Å². The van der Waals surface area contributed by atoms with Gasteiger partial charge in [-0.2, -0.15) is 4.72 Å². The van der Waals surface area contributed by atoms with Crippen LogP contribution in [0.25, 0.3) is 0 Å². The van der Waals surface area contributed by atoms with Gasteiger partial charge in [-0.15, -0.1) is 0 Å². The molecular formula is C13H18ClNO4S. The van der Waals surface area contributed by atoms with Gasteiger partial charge in [0.1, 0.15) is 10.9 Å². The maximum absolute atomic E-state index is 12.2. The zero-order chi connectivity index (χ0) is 15.5. The standard InChI is InChI=1S/C13H18ClNO4S/c1-8(2)6-11(13(16)17)15-20(18,19)12-5-4-9(3)7-10(12)14/h4-5,7-8,11,15H,6H2,1-3H3,(H,16,17)/t11-/m1/s1. The summed E-state index contributed by atoms with van der Waals surface area (Å²) < 4.78 is 26.6. The summed E-state index contributed by atoms with van der Waals surface area (Å²) in [6.07, 6.45) is 0.206. The first-order valence-corrected chi connectivity index (χ1v) is 8.01. The highest BCUT2D eigenvalue weighted by atomic mass is 35.5. The first kappa shape index (κ1) is 16.9. The summed E-state index contributed by atoms with van der Waals surface area (Å²) >= 11 is 5.92. The van der Waals surface area contributed by atoms with Gasteiger partial charge >= 0.3 is 5.97 Å². The van der Waals surface area contributed by atoms with E-state index < -0.39 is 22.0 Å². The molecule has 0 aliphatic rings. The molecule has 0 spiro atoms. The van der Waals surface area contributed by atoms with Gasteiger partial charge in [-0.25, -0.2) is 8.42 Å². The Balaban J connectivity index is 3.06. The second-order valence-corrected chi connectivity index (χ2v) is 7.17. The highest BCUT2D eigenvalue weighted by Crippen LogP contribution is 2.23. The lowest BCUT2D eigenvalue weighted by atomic mass is 10.1. The lowest BCUT2D eigenvalue weighted by Gasteiger charge is -2.17. The van der Waals surface area contributed by atoms with Gasteiger partial charge in [-0.1, -0.05) is 31.5 Å². The van der Waals surface area contributed by atoms with Crippen LogP contribution in [0.4, 0.5) is 0 Å². The SMILES string of the molecule is Cc1ccc(S(=O)(=O)N[C@H](CC(C)C)C(=O)O)c(Cl)c1. The molecule has 1 rings (SSSR count). The van der Waals surface area contributed by atoms with Crippen LogP contribution in [-0.2, 0) is 14.8 Å². The summed E-state index contributed by atoms with van der Waals surface area (Å²) in [6, 6.07) is 3.33. The lowest BCUT2D eigenvalue weighted by Crippen LogP contribution is -2.41. The van der Waals surface area contributed by atoms with E-state index in [2.05, 4.69) is 4.72 Å². The van der Waals surface area contributed by atoms with Crippen LogP contribution in [-0.4, -0.2) is 25.5 Å². The van der Waals surface area contributed by atoms with Crippen molar-refractivity contribution in [1.29, 1.82) is 0 Å². The van der Waals surface area contributed by atoms with E-state index in [0.29, 0.717) is 0 Å². The highest BCUT2D eigenvalue weighted by molar-refractivity contribution is 7.89. The molecule has 0 aliphatic carbocycles. The Morgan fingerprint density at radius 3 is 2.45 bits per heavy atom. The number of carboxylic acid groups (broad SMARTS) is 1. The molecule has 1 aromatic rings. The van der Waals surface area contributed by atoms with Crippen molar-refractivity contribution >= 4 is 27.6 Å². The Morgan fingerprint density at radius 2 is 2.00 bits per heavy atom. The number of carboxylic acids is 1. The van der Waals surface area contributed by atoms with E-state index in [9.17, 15) is 13.2 Å². The number of aryl methyl sites for hydroxylation is 1. The molecule has 20 heavy (non-hydrogen) atoms. The quantitative estimate of drug-likeness (QED) is 0.843. The molecule has 0 amide bonds. The molecule has 0 heterocycles. The maximum atomic E-state index is 12.2. The van der Waals surface area contributed by atoms with Crippen LogP contribution in [0.1, 0.15) is 25.8 Å². The third kappa shape index (κ3) is 4.47. The van der Waals surface area contributed by atoms with Gasteiger partial charge in [-0.05, 0) is 37.0 Å². The molecule has 0 aliphatic heterocycles. The van der Waals surface area contributed by atoms with Crippen LogP contribution in [0.3, 0.4) is 0 Å². The number of aliphatic carboxylic acids is 1. The van der Waals surface area contributed by atoms with Crippen molar-refractivity contribution in [3.63, 3.8) is 0 Å². The molecular weight excluding hydrogens is 302 g/mol. The zero-order valence-electron chi connectivity index (χ0n) is 11.6. The fourth-order valence-corrected chi connectivity index (χ4v) is 3.55. The second-order valence-electron chi connectivity index (χ2n) is 5.08. The number of halogens is 1. The van der Waals surface area contributed by atoms with Crippen molar-refractivity contribution in [1.82, 2.24) is 4.72 Å². The van der Waals surface area contributed by atoms with Crippen LogP contribution in [0.5, 0.6) is 0 Å². The first-order valence-electron chi connectivity index (χ1n) is 6.14. The summed E-state index contributed by atoms with van der Waals surface area (Å²) in [5.74, 6) is -1.15. The van der Waals surface area contributed by atoms with E-state index in [4.69, 9.17) is 16.7 Å². The van der Waals surface area contributed by atoms with Gasteiger partial charge in [0, 0.05) is 0 Å². The van der Waals surface area contributed by atoms with Crippen LogP contribution < -0.4 is 4.72 Å². The topological polar surface area (TPSA) is 83.5 Å². The minimum Gasteiger partial charge on any atom is -0.480 e. The number of hydrogen-bond donors (Lipinski definition) is 2. The zero-order valence-corrected chi connectivity index (χ0v) is 13.1. The van der Waals surface area contributed by atoms with Crippen LogP contribution in [0.2, 0.25) is 5.02 Å². The first-order chi connectivity index (χ1) is 9.13. The second kappa shape index (κ2) is 6.56. The van der Waals surface area contributed by atoms with Gasteiger partial charge in [-0.3, -0.25) is 4.79 Å². The van der Waals surface area contributed by atoms with E-state index >= 15 is 0 Å². The fourth-order valence-electron chi connectivity index (χ4n) is 1.75. The Kier molecular flexibility index (Phi) is 5.56. The van der Waals surface area contributed by atoms with Crippen molar-refractivity contribution in [2.75, 3.05) is 0 Å². The predicted octanol–water partition coefficient (Wildman–Crippen LogP) is 2.43. The Morgan fingerprint density at radius 1 is 1.40 bits per heavy atom. The number of benzene rings is 1. The minimum atomic E-state index is -3.96. The van der Waals surface area contributed by atoms with Crippen molar-refractivity contribution in [2.45, 2.75) is 38.1 Å². The predicted molar refractivity (Wildman–Crippen MR) is 77.4 cm³/mol. The Labute approximate surface area is 124 Å². The summed E-state index contributed by atoms with van der Waals surface area (Å²) in [5, 5.41) is 9.16. The minimum absolute atomic E-state index is 0.0484. The van der Waals surface area contributed by atoms with Crippen molar-refractivity contribution in [3.05, 3.63) is 28.8 Å². The molecule has 5 nitrogen and oxygen atoms in total. The van der Waals surface area contributed by atoms with Gasteiger partial charge in [0.2, 0.25) is 10.0 Å². The molecule has 7 heteroatoms. The molecule has 0 aromatic heterocycles. The fraction of sp³-hybridized carbons (Fsp3) is 0.462. The van der Waals surface area contributed by atoms with Crippen LogP contribution in [0.15, 0.2) is 23.1 Å². The molecule has 0 bridgehead atoms. The lowest BCUT2D eigenvalue weighted by molar-refractivity contribution is -0.139. The van der Waals surface area contributed by atoms with E-state index in [1.807, 2.05) is 13.8 Å². The van der Waals surface area contributed by atoms with E-state index in [1.165, 1.54) is 12.1 Å². The number of rotatable bonds is 6. The van der Waals surface area contributed by atoms with Gasteiger partial charge in [0.15, 0.2) is 0 Å². The molecule has 0 radical (unpaired) electrons. The number of carbonyl (C=O) groups is 1. The molecule has 1 atom stereocenters. The molecule has 2 N–H and O–H groups in total. The third-order valence-corrected chi connectivity index (χ3v) is 4.63. The normalized spacial score (nSPS) is 13.4.